The van der Waals surface area contributed by atoms with Crippen molar-refractivity contribution in [1.82, 2.24) is 55.4 Å². The molecule has 4 aromatic heterocycles. The second-order valence-electron chi connectivity index (χ2n) is 37.0. The fourth-order valence-corrected chi connectivity index (χ4v) is 21.5. The molecule has 13 aromatic carbocycles. The van der Waals surface area contributed by atoms with Gasteiger partial charge in [-0.25, -0.2) is 52.6 Å². The van der Waals surface area contributed by atoms with Crippen LogP contribution in [-0.2, 0) is 92.0 Å². The van der Waals surface area contributed by atoms with Gasteiger partial charge >= 0.3 is 0 Å². The molecule has 28 heteroatoms. The molecule has 0 bridgehead atoms. The highest BCUT2D eigenvalue weighted by atomic mass is 32.2. The van der Waals surface area contributed by atoms with E-state index in [1.165, 1.54) is 50.8 Å². The predicted molar refractivity (Wildman–Crippen MR) is 562 cm³/mol. The summed E-state index contributed by atoms with van der Waals surface area (Å²) in [6.45, 7) is 21.2. The topological polar surface area (TPSA) is 320 Å². The highest BCUT2D eigenvalue weighted by molar-refractivity contribution is 7.90. The van der Waals surface area contributed by atoms with Gasteiger partial charge in [-0.15, -0.1) is 0 Å². The minimum atomic E-state index is -3.71. The third-order valence-electron chi connectivity index (χ3n) is 25.9. The Morgan fingerprint density at radius 1 is 0.271 bits per heavy atom. The summed E-state index contributed by atoms with van der Waals surface area (Å²) >= 11 is 0. The van der Waals surface area contributed by atoms with Crippen LogP contribution >= 0.6 is 0 Å². The number of aromatic nitrogens is 8. The first-order valence-corrected chi connectivity index (χ1v) is 54.1. The predicted octanol–water partition coefficient (Wildman–Crippen LogP) is 18.0. The van der Waals surface area contributed by atoms with Gasteiger partial charge in [-0.1, -0.05) is 305 Å². The molecular formula is C112H126N16O8S4. The van der Waals surface area contributed by atoms with Crippen LogP contribution in [-0.4, -0.2) is 114 Å². The number of fused-ring (bicyclic) bond motifs is 4. The number of para-hydroxylation sites is 8. The largest absolute Gasteiger partial charge is 0.306 e. The van der Waals surface area contributed by atoms with Crippen LogP contribution in [0.25, 0.3) is 44.1 Å². The van der Waals surface area contributed by atoms with Crippen LogP contribution in [0.1, 0.15) is 133 Å². The van der Waals surface area contributed by atoms with Gasteiger partial charge < -0.3 is 36.5 Å². The molecule has 24 nitrogen and oxygen atoms in total. The number of hydrogen-bond donors (Lipinski definition) is 8. The van der Waals surface area contributed by atoms with Crippen LogP contribution in [0.3, 0.4) is 0 Å². The molecule has 1 saturated carbocycles. The Balaban J connectivity index is 0.000000141. The van der Waals surface area contributed by atoms with E-state index in [-0.39, 0.29) is 66.2 Å². The Kier molecular flexibility index (Phi) is 32.3. The number of imidazole rings is 4. The lowest BCUT2D eigenvalue weighted by atomic mass is 10.0. The second kappa shape index (κ2) is 44.8. The molecule has 0 amide bonds. The zero-order chi connectivity index (χ0) is 99.2. The van der Waals surface area contributed by atoms with E-state index in [0.29, 0.717) is 74.3 Å². The maximum absolute atomic E-state index is 13.1. The van der Waals surface area contributed by atoms with E-state index in [1.54, 1.807) is 37.3 Å². The van der Waals surface area contributed by atoms with E-state index >= 15 is 0 Å². The monoisotopic (exact) mass is 1950 g/mol. The molecular weight excluding hydrogens is 1830 g/mol. The molecule has 1 aliphatic rings. The summed E-state index contributed by atoms with van der Waals surface area (Å²) in [4.78, 5) is 0.229. The Morgan fingerprint density at radius 2 is 0.486 bits per heavy atom. The first-order chi connectivity index (χ1) is 67.1. The molecule has 1 aliphatic carbocycles. The lowest BCUT2D eigenvalue weighted by Gasteiger charge is -2.21. The van der Waals surface area contributed by atoms with Crippen LogP contribution < -0.4 is 41.4 Å². The zero-order valence-electron chi connectivity index (χ0n) is 81.1. The highest BCUT2D eigenvalue weighted by Gasteiger charge is 2.37. The van der Waals surface area contributed by atoms with Gasteiger partial charge in [-0.3, -0.25) is 21.6 Å². The van der Waals surface area contributed by atoms with Crippen molar-refractivity contribution in [3.8, 4) is 0 Å². The third kappa shape index (κ3) is 25.6. The minimum absolute atomic E-state index is 0.0256. The molecule has 4 atom stereocenters. The van der Waals surface area contributed by atoms with Crippen LogP contribution in [0.2, 0.25) is 0 Å². The van der Waals surface area contributed by atoms with Gasteiger partial charge in [0, 0.05) is 26.2 Å². The van der Waals surface area contributed by atoms with Crippen molar-refractivity contribution in [2.24, 2.45) is 0 Å². The van der Waals surface area contributed by atoms with Crippen molar-refractivity contribution < 1.29 is 33.7 Å². The molecule has 140 heavy (non-hydrogen) atoms. The molecule has 17 aromatic rings. The fraction of sp³-hybridized carbons (Fsp3) is 0.268. The molecule has 0 spiro atoms. The third-order valence-corrected chi connectivity index (χ3v) is 31.3. The second-order valence-corrected chi connectivity index (χ2v) is 44.8. The smallest absolute Gasteiger partial charge is 0.240 e. The van der Waals surface area contributed by atoms with Gasteiger partial charge in [0.05, 0.1) is 117 Å². The molecule has 4 unspecified atom stereocenters. The number of nitrogens with one attached hydrogen (secondary N) is 8. The standard InChI is InChI=1S/C31H32N4O2S.C28H32N4O2S.C27H32N4O2S.C26H30N4O2S/c1-23-12-16-25(17-13-23)20-27(21-33-38(36,37)28-8-4-3-5-9-28)35-30-11-7-6-10-29(30)34(31(35)32)22-26-18-14-24(2)15-19-26;1-20-7-11-22(12-8-20)17-24(18-30-35(33,34)25-15-16-25)32-27-6-4-3-5-26(27)31(28(32)29)19-23-13-9-21(2)10-14-23;1-4-34(32,33)29-18-24(17-22-13-9-20(2)10-14-22)31-26-8-6-5-7-25(26)30(27(31)28)19-23-15-11-21(3)12-16-23;1-19-8-12-21(13-9-19)16-23(17-28-33(3,31)32)30-25-7-5-4-6-24(25)29(26(30)27)18-22-14-10-20(2)11-15-22/h3-19,27,32-33H,20-22H2,1-2H3;3-14,24-25,29-30H,15-19H2,1-2H3;5-16,24,28-29H,4,17-19H2,1-3H3;4-15,23,27-28H,16-18H2,1-3H3. The van der Waals surface area contributed by atoms with E-state index in [9.17, 15) is 44.5 Å². The van der Waals surface area contributed by atoms with Crippen molar-refractivity contribution in [1.29, 1.82) is 21.6 Å². The molecule has 8 N–H and O–H groups in total. The molecule has 18 rings (SSSR count). The molecule has 1 fully saturated rings. The van der Waals surface area contributed by atoms with E-state index in [4.69, 9.17) is 10.8 Å². The maximum Gasteiger partial charge on any atom is 0.240 e. The van der Waals surface area contributed by atoms with E-state index in [2.05, 4.69) is 248 Å². The van der Waals surface area contributed by atoms with Crippen molar-refractivity contribution >= 4 is 84.2 Å². The zero-order valence-corrected chi connectivity index (χ0v) is 84.3. The summed E-state index contributed by atoms with van der Waals surface area (Å²) in [5, 5.41) is 36.4. The highest BCUT2D eigenvalue weighted by Crippen LogP contribution is 2.31. The quantitative estimate of drug-likeness (QED) is 0.0188. The van der Waals surface area contributed by atoms with E-state index in [0.717, 1.165) is 101 Å². The van der Waals surface area contributed by atoms with Crippen molar-refractivity contribution in [2.45, 2.75) is 161 Å². The normalized spacial score (nSPS) is 13.3. The lowest BCUT2D eigenvalue weighted by Crippen LogP contribution is -2.38. The summed E-state index contributed by atoms with van der Waals surface area (Å²) in [5.41, 5.74) is 27.3. The Morgan fingerprint density at radius 3 is 0.721 bits per heavy atom. The molecule has 0 saturated heterocycles. The summed E-state index contributed by atoms with van der Waals surface area (Å²) in [6, 6.07) is 106. The number of aryl methyl sites for hydroxylation is 8. The van der Waals surface area contributed by atoms with Crippen molar-refractivity contribution in [2.75, 3.05) is 38.2 Å². The lowest BCUT2D eigenvalue weighted by molar-refractivity contribution is 0.465. The average molecular weight is 1950 g/mol. The first-order valence-electron chi connectivity index (χ1n) is 47.5. The number of rotatable bonds is 35. The molecule has 726 valence electrons. The van der Waals surface area contributed by atoms with Crippen LogP contribution in [0, 0.1) is 77.0 Å². The summed E-state index contributed by atoms with van der Waals surface area (Å²) in [5.74, 6) is 0.0256. The van der Waals surface area contributed by atoms with Gasteiger partial charge in [-0.05, 0) is 206 Å². The van der Waals surface area contributed by atoms with Crippen molar-refractivity contribution in [3.05, 3.63) is 433 Å². The average Bonchev–Trinajstić information content (AvgIpc) is 1.62. The summed E-state index contributed by atoms with van der Waals surface area (Å²) in [7, 11) is -13.8. The van der Waals surface area contributed by atoms with Crippen LogP contribution in [0.4, 0.5) is 0 Å². The van der Waals surface area contributed by atoms with Gasteiger partial charge in [0.25, 0.3) is 0 Å². The van der Waals surface area contributed by atoms with Crippen LogP contribution in [0.15, 0.2) is 326 Å². The van der Waals surface area contributed by atoms with Crippen molar-refractivity contribution in [3.63, 3.8) is 0 Å². The fourth-order valence-electron chi connectivity index (χ4n) is 17.8. The van der Waals surface area contributed by atoms with Gasteiger partial charge in [0.15, 0.2) is 0 Å². The summed E-state index contributed by atoms with van der Waals surface area (Å²) in [6.07, 6.45) is 5.05. The summed E-state index contributed by atoms with van der Waals surface area (Å²) < 4.78 is 127. The molecule has 0 radical (unpaired) electrons. The number of benzene rings is 13. The number of nitrogens with zero attached hydrogens (tertiary/aromatic N) is 8. The molecule has 4 heterocycles. The van der Waals surface area contributed by atoms with E-state index in [1.807, 2.05) is 154 Å². The van der Waals surface area contributed by atoms with Crippen LogP contribution in [0.5, 0.6) is 0 Å². The Labute approximate surface area is 821 Å². The number of sulfonamides is 4. The number of hydrogen-bond acceptors (Lipinski definition) is 12. The Hall–Kier alpha value is -13.4. The van der Waals surface area contributed by atoms with Gasteiger partial charge in [-0.2, -0.15) is 0 Å². The maximum atomic E-state index is 13.1. The SMILES string of the molecule is CCS(=O)(=O)NCC(Cc1ccc(C)cc1)n1c(=N)n(Cc2ccc(C)cc2)c2ccccc21.Cc1ccc(CC(CNS(=O)(=O)C2CC2)n2c(=N)n(Cc3ccc(C)cc3)c3ccccc32)cc1.Cc1ccc(CC(CNS(=O)(=O)c2ccccc2)n2c(=N)n(Cc3ccc(C)cc3)c3ccccc32)cc1.Cc1ccc(CC(CNS(C)(=O)=O)n2c(=N)n(Cc3ccc(C)cc3)c3ccccc32)cc1. The van der Waals surface area contributed by atoms with Gasteiger partial charge in [0.1, 0.15) is 0 Å². The first kappa shape index (κ1) is 101. The Bertz CT molecular complexity index is 7930. The molecule has 0 aliphatic heterocycles. The van der Waals surface area contributed by atoms with E-state index < -0.39 is 40.1 Å². The minimum Gasteiger partial charge on any atom is -0.306 e. The van der Waals surface area contributed by atoms with Gasteiger partial charge in [0.2, 0.25) is 62.6 Å².